The summed E-state index contributed by atoms with van der Waals surface area (Å²) < 4.78 is 18.4. The highest BCUT2D eigenvalue weighted by molar-refractivity contribution is 4.65. The standard InChI is InChI=1S/C24H49FO/c1-5-24(3,4)20-18-22-26-21-17-15-13-11-9-7-6-8-10-12-14-16-19-23(2)25/h23H,5-22H2,1-4H3. The highest BCUT2D eigenvalue weighted by Crippen LogP contribution is 2.25. The molecule has 0 saturated carbocycles. The third-order valence-electron chi connectivity index (χ3n) is 5.74. The van der Waals surface area contributed by atoms with Crippen molar-refractivity contribution in [2.24, 2.45) is 5.41 Å². The molecule has 0 fully saturated rings. The third-order valence-corrected chi connectivity index (χ3v) is 5.74. The van der Waals surface area contributed by atoms with E-state index in [1.54, 1.807) is 6.92 Å². The second-order valence-corrected chi connectivity index (χ2v) is 9.05. The largest absolute Gasteiger partial charge is 0.381 e. The minimum atomic E-state index is -0.611. The molecule has 0 aliphatic rings. The highest BCUT2D eigenvalue weighted by atomic mass is 19.1. The lowest BCUT2D eigenvalue weighted by atomic mass is 9.85. The fraction of sp³-hybridized carbons (Fsp3) is 1.00. The minimum Gasteiger partial charge on any atom is -0.381 e. The number of halogens is 1. The Balaban J connectivity index is 3.07. The summed E-state index contributed by atoms with van der Waals surface area (Å²) in [4.78, 5) is 0. The molecule has 1 unspecified atom stereocenters. The van der Waals surface area contributed by atoms with Crippen LogP contribution in [0.1, 0.15) is 130 Å². The molecule has 0 aliphatic heterocycles. The summed E-state index contributed by atoms with van der Waals surface area (Å²) in [6.07, 6.45) is 19.7. The molecule has 0 saturated heterocycles. The first kappa shape index (κ1) is 25.9. The van der Waals surface area contributed by atoms with Crippen LogP contribution in [0.2, 0.25) is 0 Å². The van der Waals surface area contributed by atoms with Crippen LogP contribution >= 0.6 is 0 Å². The van der Waals surface area contributed by atoms with Gasteiger partial charge in [-0.15, -0.1) is 0 Å². The summed E-state index contributed by atoms with van der Waals surface area (Å²) in [6, 6.07) is 0. The zero-order valence-corrected chi connectivity index (χ0v) is 18.6. The van der Waals surface area contributed by atoms with Crippen molar-refractivity contribution >= 4 is 0 Å². The Labute approximate surface area is 164 Å². The van der Waals surface area contributed by atoms with E-state index in [-0.39, 0.29) is 0 Å². The van der Waals surface area contributed by atoms with E-state index < -0.39 is 6.17 Å². The van der Waals surface area contributed by atoms with Crippen LogP contribution in [0.15, 0.2) is 0 Å². The van der Waals surface area contributed by atoms with Gasteiger partial charge < -0.3 is 4.74 Å². The Kier molecular flexibility index (Phi) is 18.2. The van der Waals surface area contributed by atoms with Crippen molar-refractivity contribution in [1.82, 2.24) is 0 Å². The summed E-state index contributed by atoms with van der Waals surface area (Å²) in [5.41, 5.74) is 0.484. The first-order chi connectivity index (χ1) is 12.5. The number of rotatable bonds is 20. The zero-order valence-electron chi connectivity index (χ0n) is 18.6. The second-order valence-electron chi connectivity index (χ2n) is 9.05. The van der Waals surface area contributed by atoms with Gasteiger partial charge in [-0.05, 0) is 38.0 Å². The van der Waals surface area contributed by atoms with E-state index >= 15 is 0 Å². The van der Waals surface area contributed by atoms with Gasteiger partial charge >= 0.3 is 0 Å². The van der Waals surface area contributed by atoms with E-state index in [2.05, 4.69) is 20.8 Å². The van der Waals surface area contributed by atoms with Crippen LogP contribution in [0.3, 0.4) is 0 Å². The molecule has 0 aromatic heterocycles. The molecule has 1 atom stereocenters. The van der Waals surface area contributed by atoms with Gasteiger partial charge in [0.2, 0.25) is 0 Å². The predicted molar refractivity (Wildman–Crippen MR) is 115 cm³/mol. The number of ether oxygens (including phenoxy) is 1. The van der Waals surface area contributed by atoms with Gasteiger partial charge in [-0.2, -0.15) is 0 Å². The molecule has 0 aromatic rings. The van der Waals surface area contributed by atoms with Crippen LogP contribution in [0, 0.1) is 5.41 Å². The molecule has 158 valence electrons. The summed E-state index contributed by atoms with van der Waals surface area (Å²) in [7, 11) is 0. The molecule has 0 heterocycles. The second kappa shape index (κ2) is 18.3. The summed E-state index contributed by atoms with van der Waals surface area (Å²) in [6.45, 7) is 10.5. The first-order valence-electron chi connectivity index (χ1n) is 11.7. The molecule has 2 heteroatoms. The van der Waals surface area contributed by atoms with Crippen molar-refractivity contribution in [3.05, 3.63) is 0 Å². The smallest absolute Gasteiger partial charge is 0.0973 e. The Bertz CT molecular complexity index is 275. The zero-order chi connectivity index (χ0) is 19.5. The maximum Gasteiger partial charge on any atom is 0.0973 e. The van der Waals surface area contributed by atoms with Crippen LogP contribution < -0.4 is 0 Å². The van der Waals surface area contributed by atoms with Gasteiger partial charge in [0.15, 0.2) is 0 Å². The van der Waals surface area contributed by atoms with Gasteiger partial charge in [0.1, 0.15) is 0 Å². The van der Waals surface area contributed by atoms with E-state index in [1.807, 2.05) is 0 Å². The van der Waals surface area contributed by atoms with Gasteiger partial charge in [-0.25, -0.2) is 4.39 Å². The van der Waals surface area contributed by atoms with Crippen LogP contribution in [0.25, 0.3) is 0 Å². The highest BCUT2D eigenvalue weighted by Gasteiger charge is 2.13. The Morgan fingerprint density at radius 2 is 1.12 bits per heavy atom. The van der Waals surface area contributed by atoms with Crippen molar-refractivity contribution in [1.29, 1.82) is 0 Å². The van der Waals surface area contributed by atoms with Crippen molar-refractivity contribution in [2.75, 3.05) is 13.2 Å². The van der Waals surface area contributed by atoms with Crippen LogP contribution in [0.5, 0.6) is 0 Å². The van der Waals surface area contributed by atoms with Crippen LogP contribution in [-0.2, 0) is 4.74 Å². The van der Waals surface area contributed by atoms with E-state index in [1.165, 1.54) is 89.9 Å². The van der Waals surface area contributed by atoms with Crippen LogP contribution in [0.4, 0.5) is 4.39 Å². The molecule has 0 aromatic carbocycles. The molecule has 0 N–H and O–H groups in total. The van der Waals surface area contributed by atoms with E-state index in [9.17, 15) is 4.39 Å². The SMILES string of the molecule is CCC(C)(C)CCCOCCCCCCCCCCCCCCC(C)F. The van der Waals surface area contributed by atoms with Crippen molar-refractivity contribution in [3.63, 3.8) is 0 Å². The predicted octanol–water partition coefficient (Wildman–Crippen LogP) is 8.65. The lowest BCUT2D eigenvalue weighted by molar-refractivity contribution is 0.116. The molecule has 0 rings (SSSR count). The van der Waals surface area contributed by atoms with Gasteiger partial charge in [-0.3, -0.25) is 0 Å². The number of alkyl halides is 1. The average molecular weight is 373 g/mol. The maximum absolute atomic E-state index is 12.6. The van der Waals surface area contributed by atoms with Crippen LogP contribution in [-0.4, -0.2) is 19.4 Å². The van der Waals surface area contributed by atoms with Gasteiger partial charge in [-0.1, -0.05) is 97.8 Å². The van der Waals surface area contributed by atoms with Crippen molar-refractivity contribution < 1.29 is 9.13 Å². The molecule has 0 amide bonds. The average Bonchev–Trinajstić information content (AvgIpc) is 2.60. The topological polar surface area (TPSA) is 9.23 Å². The Morgan fingerprint density at radius 1 is 0.692 bits per heavy atom. The minimum absolute atomic E-state index is 0.484. The summed E-state index contributed by atoms with van der Waals surface area (Å²) in [5, 5.41) is 0. The molecular formula is C24H49FO. The number of hydrogen-bond donors (Lipinski definition) is 0. The lowest BCUT2D eigenvalue weighted by Gasteiger charge is -2.22. The molecule has 0 radical (unpaired) electrons. The molecule has 0 bridgehead atoms. The van der Waals surface area contributed by atoms with Gasteiger partial charge in [0.05, 0.1) is 6.17 Å². The Morgan fingerprint density at radius 3 is 1.58 bits per heavy atom. The maximum atomic E-state index is 12.6. The number of hydrogen-bond acceptors (Lipinski definition) is 1. The quantitative estimate of drug-likeness (QED) is 0.194. The van der Waals surface area contributed by atoms with Gasteiger partial charge in [0, 0.05) is 13.2 Å². The molecule has 26 heavy (non-hydrogen) atoms. The van der Waals surface area contributed by atoms with Crippen molar-refractivity contribution in [3.8, 4) is 0 Å². The monoisotopic (exact) mass is 372 g/mol. The fourth-order valence-electron chi connectivity index (χ4n) is 3.33. The third kappa shape index (κ3) is 20.2. The van der Waals surface area contributed by atoms with Crippen molar-refractivity contribution in [2.45, 2.75) is 137 Å². The molecule has 1 nitrogen and oxygen atoms in total. The molecule has 0 spiro atoms. The van der Waals surface area contributed by atoms with E-state index in [0.717, 1.165) is 26.1 Å². The molecule has 0 aliphatic carbocycles. The number of unbranched alkanes of at least 4 members (excludes halogenated alkanes) is 11. The molecular weight excluding hydrogens is 323 g/mol. The van der Waals surface area contributed by atoms with E-state index in [4.69, 9.17) is 4.74 Å². The van der Waals surface area contributed by atoms with Gasteiger partial charge in [0.25, 0.3) is 0 Å². The lowest BCUT2D eigenvalue weighted by Crippen LogP contribution is -2.10. The van der Waals surface area contributed by atoms with E-state index in [0.29, 0.717) is 5.41 Å². The Hall–Kier alpha value is -0.110. The summed E-state index contributed by atoms with van der Waals surface area (Å²) >= 11 is 0. The fourth-order valence-corrected chi connectivity index (χ4v) is 3.33. The first-order valence-corrected chi connectivity index (χ1v) is 11.7. The summed E-state index contributed by atoms with van der Waals surface area (Å²) in [5.74, 6) is 0. The normalized spacial score (nSPS) is 13.3.